The smallest absolute Gasteiger partial charge is 0.308 e. The van der Waals surface area contributed by atoms with Gasteiger partial charge in [-0.25, -0.2) is 0 Å². The summed E-state index contributed by atoms with van der Waals surface area (Å²) < 4.78 is 16.0. The van der Waals surface area contributed by atoms with Gasteiger partial charge in [0.1, 0.15) is 41.0 Å². The first-order chi connectivity index (χ1) is 25.6. The maximum Gasteiger partial charge on any atom is 0.308 e. The first-order valence-corrected chi connectivity index (χ1v) is 18.4. The van der Waals surface area contributed by atoms with Gasteiger partial charge in [-0.3, -0.25) is 38.4 Å². The number of carbonyl (C=O) groups is 8. The number of esters is 3. The van der Waals surface area contributed by atoms with Crippen LogP contribution in [0.2, 0.25) is 0 Å². The van der Waals surface area contributed by atoms with E-state index in [0.29, 0.717) is 11.3 Å². The maximum absolute atomic E-state index is 13.9. The number of hydrogen-bond acceptors (Lipinski definition) is 12. The molecule has 0 aliphatic heterocycles. The lowest BCUT2D eigenvalue weighted by Crippen LogP contribution is -2.59. The molecule has 1 aromatic carbocycles. The Bertz CT molecular complexity index is 1560. The Morgan fingerprint density at radius 2 is 1.02 bits per heavy atom. The minimum Gasteiger partial charge on any atom is -0.460 e. The van der Waals surface area contributed by atoms with E-state index in [2.05, 4.69) is 26.6 Å². The van der Waals surface area contributed by atoms with E-state index in [1.807, 2.05) is 0 Å². The van der Waals surface area contributed by atoms with Crippen molar-refractivity contribution >= 4 is 53.1 Å². The minimum atomic E-state index is -1.48. The highest BCUT2D eigenvalue weighted by Crippen LogP contribution is 2.16. The molecule has 0 radical (unpaired) electrons. The standard InChI is InChI=1S/C39H61N5O12/c1-22(2)32(36(53)43-28(20-31(49)56-39(10,11)12)34(51)41-25-15-13-24(21-45)14-16-25)44-33(50)26(17-18-29(47)54-37(4,5)6)42-35(52)27(40-23(3)46)19-30(48)55-38(7,8)9/h13-16,22,26-28,32,45H,17-21H2,1-12H3,(H,40,46)(H,41,51)(H,42,52)(H,43,53)(H,44,50)/t26-,27-,28-,32-/m0/s1. The van der Waals surface area contributed by atoms with Crippen LogP contribution in [-0.2, 0) is 59.2 Å². The van der Waals surface area contributed by atoms with E-state index in [0.717, 1.165) is 6.92 Å². The predicted molar refractivity (Wildman–Crippen MR) is 205 cm³/mol. The van der Waals surface area contributed by atoms with Gasteiger partial charge in [-0.2, -0.15) is 0 Å². The van der Waals surface area contributed by atoms with E-state index in [4.69, 9.17) is 14.2 Å². The van der Waals surface area contributed by atoms with Crippen molar-refractivity contribution in [3.63, 3.8) is 0 Å². The molecule has 0 aliphatic carbocycles. The number of aliphatic hydroxyl groups excluding tert-OH is 1. The Balaban J connectivity index is 3.42. The van der Waals surface area contributed by atoms with Crippen molar-refractivity contribution in [2.24, 2.45) is 5.92 Å². The average Bonchev–Trinajstić information content (AvgIpc) is 3.01. The van der Waals surface area contributed by atoms with Crippen LogP contribution in [0.5, 0.6) is 0 Å². The Hall–Kier alpha value is -5.06. The second-order valence-electron chi connectivity index (χ2n) is 16.7. The zero-order chi connectivity index (χ0) is 43.2. The molecule has 0 unspecified atom stereocenters. The zero-order valence-electron chi connectivity index (χ0n) is 34.7. The fourth-order valence-corrected chi connectivity index (χ4v) is 4.93. The lowest BCUT2D eigenvalue weighted by molar-refractivity contribution is -0.157. The van der Waals surface area contributed by atoms with Crippen LogP contribution < -0.4 is 26.6 Å². The first-order valence-electron chi connectivity index (χ1n) is 18.4. The fourth-order valence-electron chi connectivity index (χ4n) is 4.93. The van der Waals surface area contributed by atoms with Gasteiger partial charge in [0.05, 0.1) is 19.4 Å². The summed E-state index contributed by atoms with van der Waals surface area (Å²) in [5.74, 6) is -7.01. The monoisotopic (exact) mass is 791 g/mol. The number of hydrogen-bond donors (Lipinski definition) is 6. The Morgan fingerprint density at radius 1 is 0.589 bits per heavy atom. The molecule has 17 nitrogen and oxygen atoms in total. The first kappa shape index (κ1) is 49.0. The quantitative estimate of drug-likeness (QED) is 0.0927. The summed E-state index contributed by atoms with van der Waals surface area (Å²) >= 11 is 0. The highest BCUT2D eigenvalue weighted by Gasteiger charge is 2.35. The highest BCUT2D eigenvalue weighted by molar-refractivity contribution is 6.01. The van der Waals surface area contributed by atoms with Crippen LogP contribution in [0.15, 0.2) is 24.3 Å². The lowest BCUT2D eigenvalue weighted by Gasteiger charge is -2.28. The highest BCUT2D eigenvalue weighted by atomic mass is 16.6. The van der Waals surface area contributed by atoms with Crippen LogP contribution in [0.3, 0.4) is 0 Å². The summed E-state index contributed by atoms with van der Waals surface area (Å²) in [7, 11) is 0. The van der Waals surface area contributed by atoms with Crippen molar-refractivity contribution in [3.05, 3.63) is 29.8 Å². The van der Waals surface area contributed by atoms with Gasteiger partial charge >= 0.3 is 17.9 Å². The minimum absolute atomic E-state index is 0.221. The molecule has 0 saturated heterocycles. The molecule has 17 heteroatoms. The third kappa shape index (κ3) is 20.0. The number of amides is 5. The summed E-state index contributed by atoms with van der Waals surface area (Å²) in [6.45, 7) is 18.9. The molecule has 4 atom stereocenters. The van der Waals surface area contributed by atoms with Crippen molar-refractivity contribution in [1.29, 1.82) is 0 Å². The molecule has 6 N–H and O–H groups in total. The number of nitrogens with one attached hydrogen (secondary N) is 5. The number of ether oxygens (including phenoxy) is 3. The van der Waals surface area contributed by atoms with E-state index < -0.39 is 107 Å². The third-order valence-electron chi connectivity index (χ3n) is 7.25. The van der Waals surface area contributed by atoms with E-state index in [9.17, 15) is 43.5 Å². The molecular weight excluding hydrogens is 730 g/mol. The van der Waals surface area contributed by atoms with Crippen LogP contribution >= 0.6 is 0 Å². The van der Waals surface area contributed by atoms with E-state index >= 15 is 0 Å². The molecule has 0 bridgehead atoms. The Labute approximate surface area is 329 Å². The number of rotatable bonds is 18. The number of anilines is 1. The van der Waals surface area contributed by atoms with Gasteiger partial charge in [0.2, 0.25) is 29.5 Å². The van der Waals surface area contributed by atoms with Crippen LogP contribution in [0, 0.1) is 5.92 Å². The van der Waals surface area contributed by atoms with Crippen LogP contribution in [0.25, 0.3) is 0 Å². The molecule has 0 spiro atoms. The van der Waals surface area contributed by atoms with Crippen LogP contribution in [0.4, 0.5) is 5.69 Å². The molecule has 0 saturated carbocycles. The van der Waals surface area contributed by atoms with Crippen molar-refractivity contribution in [3.8, 4) is 0 Å². The van der Waals surface area contributed by atoms with Gasteiger partial charge in [0.15, 0.2) is 0 Å². The van der Waals surface area contributed by atoms with E-state index in [1.165, 1.54) is 12.1 Å². The summed E-state index contributed by atoms with van der Waals surface area (Å²) in [5, 5.41) is 21.9. The van der Waals surface area contributed by atoms with Gasteiger partial charge in [-0.05, 0) is 92.3 Å². The van der Waals surface area contributed by atoms with E-state index in [1.54, 1.807) is 88.3 Å². The zero-order valence-corrected chi connectivity index (χ0v) is 34.7. The van der Waals surface area contributed by atoms with Gasteiger partial charge in [-0.15, -0.1) is 0 Å². The summed E-state index contributed by atoms with van der Waals surface area (Å²) in [6.07, 6.45) is -1.80. The van der Waals surface area contributed by atoms with Gasteiger partial charge in [0.25, 0.3) is 0 Å². The number of aliphatic hydroxyl groups is 1. The Kier molecular flexibility index (Phi) is 18.6. The normalized spacial score (nSPS) is 13.9. The molecule has 0 heterocycles. The second-order valence-corrected chi connectivity index (χ2v) is 16.7. The SMILES string of the molecule is CC(=O)N[C@@H](CC(=O)OC(C)(C)C)C(=O)N[C@@H](CCC(=O)OC(C)(C)C)C(=O)N[C@H](C(=O)N[C@@H](CC(=O)OC(C)(C)C)C(=O)Nc1ccc(CO)cc1)C(C)C. The van der Waals surface area contributed by atoms with Gasteiger partial charge < -0.3 is 45.9 Å². The molecular formula is C39H61N5O12. The molecule has 0 aliphatic rings. The summed E-state index contributed by atoms with van der Waals surface area (Å²) in [6, 6.07) is 0.462. The molecule has 0 aromatic heterocycles. The summed E-state index contributed by atoms with van der Waals surface area (Å²) in [5.41, 5.74) is -1.74. The summed E-state index contributed by atoms with van der Waals surface area (Å²) in [4.78, 5) is 105. The van der Waals surface area contributed by atoms with Crippen LogP contribution in [-0.4, -0.2) is 93.5 Å². The molecule has 56 heavy (non-hydrogen) atoms. The molecule has 1 rings (SSSR count). The molecule has 0 fully saturated rings. The Morgan fingerprint density at radius 3 is 1.45 bits per heavy atom. The van der Waals surface area contributed by atoms with Gasteiger partial charge in [-0.1, -0.05) is 26.0 Å². The van der Waals surface area contributed by atoms with Gasteiger partial charge in [0, 0.05) is 19.0 Å². The van der Waals surface area contributed by atoms with Crippen LogP contribution in [0.1, 0.15) is 114 Å². The predicted octanol–water partition coefficient (Wildman–Crippen LogP) is 2.32. The van der Waals surface area contributed by atoms with E-state index in [-0.39, 0.29) is 19.4 Å². The maximum atomic E-state index is 13.9. The molecule has 1 aromatic rings. The van der Waals surface area contributed by atoms with Crippen molar-refractivity contribution in [2.75, 3.05) is 5.32 Å². The topological polar surface area (TPSA) is 245 Å². The molecule has 5 amide bonds. The average molecular weight is 792 g/mol. The molecule has 314 valence electrons. The van der Waals surface area contributed by atoms with Crippen molar-refractivity contribution in [2.45, 2.75) is 156 Å². The number of benzene rings is 1. The second kappa shape index (κ2) is 21.3. The fraction of sp³-hybridized carbons (Fsp3) is 0.641. The third-order valence-corrected chi connectivity index (χ3v) is 7.25. The number of carbonyl (C=O) groups excluding carboxylic acids is 8. The largest absolute Gasteiger partial charge is 0.460 e. The van der Waals surface area contributed by atoms with Crippen molar-refractivity contribution < 1.29 is 57.7 Å². The van der Waals surface area contributed by atoms with Crippen molar-refractivity contribution in [1.82, 2.24) is 21.3 Å². The lowest BCUT2D eigenvalue weighted by atomic mass is 10.0.